The monoisotopic (exact) mass is 554 g/mol. The van der Waals surface area contributed by atoms with Gasteiger partial charge in [-0.05, 0) is 31.1 Å². The van der Waals surface area contributed by atoms with Crippen molar-refractivity contribution in [3.8, 4) is 0 Å². The molecule has 2 N–H and O–H groups in total. The molecule has 0 radical (unpaired) electrons. The molecule has 220 valence electrons. The van der Waals surface area contributed by atoms with E-state index in [4.69, 9.17) is 28.4 Å². The molecule has 0 aromatic rings. The van der Waals surface area contributed by atoms with Crippen molar-refractivity contribution in [1.82, 2.24) is 0 Å². The van der Waals surface area contributed by atoms with Gasteiger partial charge in [0.25, 0.3) is 0 Å². The Morgan fingerprint density at radius 1 is 1.00 bits per heavy atom. The van der Waals surface area contributed by atoms with E-state index in [9.17, 15) is 24.6 Å². The summed E-state index contributed by atoms with van der Waals surface area (Å²) in [6, 6.07) is 0. The lowest BCUT2D eigenvalue weighted by Crippen LogP contribution is -2.74. The Balaban J connectivity index is 1.62. The average Bonchev–Trinajstić information content (AvgIpc) is 3.41. The number of rotatable bonds is 6. The molecule has 3 heterocycles. The van der Waals surface area contributed by atoms with Crippen molar-refractivity contribution in [1.29, 1.82) is 0 Å². The van der Waals surface area contributed by atoms with Crippen molar-refractivity contribution in [3.63, 3.8) is 0 Å². The van der Waals surface area contributed by atoms with Crippen LogP contribution in [0.25, 0.3) is 0 Å². The zero-order valence-corrected chi connectivity index (χ0v) is 23.6. The first-order valence-electron chi connectivity index (χ1n) is 14.1. The van der Waals surface area contributed by atoms with Gasteiger partial charge in [-0.25, -0.2) is 0 Å². The average molecular weight is 555 g/mol. The fourth-order valence-electron chi connectivity index (χ4n) is 8.19. The van der Waals surface area contributed by atoms with Crippen LogP contribution in [0, 0.1) is 34.5 Å². The molecule has 0 aromatic heterocycles. The zero-order valence-electron chi connectivity index (χ0n) is 23.6. The van der Waals surface area contributed by atoms with E-state index in [2.05, 4.69) is 13.8 Å². The smallest absolute Gasteiger partial charge is 0.308 e. The zero-order chi connectivity index (χ0) is 28.5. The molecule has 1 spiro atoms. The maximum atomic E-state index is 12.8. The minimum Gasteiger partial charge on any atom is -0.465 e. The van der Waals surface area contributed by atoms with Gasteiger partial charge in [-0.1, -0.05) is 27.7 Å². The quantitative estimate of drug-likeness (QED) is 0.280. The SMILES string of the molecule is CC(=O)OC[C@@]12[C@@H](OC(C)=O)C[C@@H](C)[C@](C)([C@@H]3C[C@H]4C[C@H](O)O[C@H]4O3)[C@H]1C[C@@H](O)[C@H](OC(=O)C(C)C)[C@]21CO1. The van der Waals surface area contributed by atoms with E-state index >= 15 is 0 Å². The summed E-state index contributed by atoms with van der Waals surface area (Å²) in [5.74, 6) is -2.31. The summed E-state index contributed by atoms with van der Waals surface area (Å²) < 4.78 is 35.8. The van der Waals surface area contributed by atoms with Crippen LogP contribution >= 0.6 is 0 Å². The van der Waals surface area contributed by atoms with Crippen molar-refractivity contribution in [2.75, 3.05) is 13.2 Å². The number of carbonyl (C=O) groups excluding carboxylic acids is 3. The largest absolute Gasteiger partial charge is 0.465 e. The second kappa shape index (κ2) is 9.94. The maximum Gasteiger partial charge on any atom is 0.308 e. The molecule has 11 nitrogen and oxygen atoms in total. The molecule has 0 aromatic carbocycles. The summed E-state index contributed by atoms with van der Waals surface area (Å²) >= 11 is 0. The van der Waals surface area contributed by atoms with Gasteiger partial charge in [-0.3, -0.25) is 14.4 Å². The number of ether oxygens (including phenoxy) is 6. The Bertz CT molecular complexity index is 980. The highest BCUT2D eigenvalue weighted by molar-refractivity contribution is 5.72. The molecule has 0 bridgehead atoms. The van der Waals surface area contributed by atoms with E-state index in [1.807, 2.05) is 0 Å². The van der Waals surface area contributed by atoms with Gasteiger partial charge in [-0.15, -0.1) is 0 Å². The number of hydrogen-bond acceptors (Lipinski definition) is 11. The number of epoxide rings is 1. The van der Waals surface area contributed by atoms with E-state index in [1.165, 1.54) is 13.8 Å². The second-order valence-corrected chi connectivity index (χ2v) is 12.8. The minimum atomic E-state index is -1.22. The van der Waals surface area contributed by atoms with Crippen molar-refractivity contribution < 1.29 is 53.0 Å². The lowest BCUT2D eigenvalue weighted by molar-refractivity contribution is -0.288. The van der Waals surface area contributed by atoms with Gasteiger partial charge < -0.3 is 38.6 Å². The highest BCUT2D eigenvalue weighted by Gasteiger charge is 2.81. The van der Waals surface area contributed by atoms with E-state index in [1.54, 1.807) is 13.8 Å². The van der Waals surface area contributed by atoms with E-state index in [0.29, 0.717) is 19.3 Å². The van der Waals surface area contributed by atoms with Crippen LogP contribution in [0.1, 0.15) is 67.2 Å². The van der Waals surface area contributed by atoms with Gasteiger partial charge in [-0.2, -0.15) is 0 Å². The van der Waals surface area contributed by atoms with Gasteiger partial charge in [0.2, 0.25) is 0 Å². The summed E-state index contributed by atoms with van der Waals surface area (Å²) in [5.41, 5.74) is -2.94. The summed E-state index contributed by atoms with van der Waals surface area (Å²) in [6.07, 6.45) is -2.75. The van der Waals surface area contributed by atoms with Gasteiger partial charge in [0, 0.05) is 31.6 Å². The fraction of sp³-hybridized carbons (Fsp3) is 0.893. The van der Waals surface area contributed by atoms with Gasteiger partial charge in [0.05, 0.1) is 30.1 Å². The summed E-state index contributed by atoms with van der Waals surface area (Å²) in [5, 5.41) is 21.5. The highest BCUT2D eigenvalue weighted by Crippen LogP contribution is 2.70. The molecule has 2 saturated carbocycles. The Morgan fingerprint density at radius 3 is 2.26 bits per heavy atom. The Labute approximate surface area is 228 Å². The molecule has 11 heteroatoms. The first kappa shape index (κ1) is 28.7. The maximum absolute atomic E-state index is 12.8. The first-order chi connectivity index (χ1) is 18.3. The van der Waals surface area contributed by atoms with Crippen LogP contribution in [-0.4, -0.2) is 83.9 Å². The van der Waals surface area contributed by atoms with E-state index in [-0.39, 0.29) is 37.6 Å². The first-order valence-corrected chi connectivity index (χ1v) is 14.1. The molecule has 0 amide bonds. The molecule has 39 heavy (non-hydrogen) atoms. The number of esters is 3. The number of hydrogen-bond donors (Lipinski definition) is 2. The third-order valence-electron chi connectivity index (χ3n) is 10.3. The van der Waals surface area contributed by atoms with Crippen LogP contribution in [0.2, 0.25) is 0 Å². The summed E-state index contributed by atoms with van der Waals surface area (Å²) in [7, 11) is 0. The highest BCUT2D eigenvalue weighted by atomic mass is 16.7. The predicted molar refractivity (Wildman–Crippen MR) is 132 cm³/mol. The van der Waals surface area contributed by atoms with Crippen LogP contribution in [0.4, 0.5) is 0 Å². The van der Waals surface area contributed by atoms with Crippen LogP contribution in [-0.2, 0) is 42.8 Å². The molecule has 5 aliphatic rings. The number of aliphatic hydroxyl groups excluding tert-OH is 2. The second-order valence-electron chi connectivity index (χ2n) is 12.8. The van der Waals surface area contributed by atoms with Gasteiger partial charge in [0.1, 0.15) is 18.3 Å². The predicted octanol–water partition coefficient (Wildman–Crippen LogP) is 1.70. The molecular formula is C28H42O11. The summed E-state index contributed by atoms with van der Waals surface area (Å²) in [4.78, 5) is 37.4. The van der Waals surface area contributed by atoms with Crippen molar-refractivity contribution in [2.24, 2.45) is 34.5 Å². The number of carbonyl (C=O) groups is 3. The van der Waals surface area contributed by atoms with Crippen molar-refractivity contribution in [2.45, 2.75) is 110 Å². The Morgan fingerprint density at radius 2 is 1.69 bits per heavy atom. The topological polar surface area (TPSA) is 150 Å². The fourth-order valence-corrected chi connectivity index (χ4v) is 8.19. The standard InChI is InChI=1S/C28H42O11/c1-13(2)24(33)39-23-18(31)10-19-26(6,20-8-17-9-22(32)38-25(17)37-20)14(3)7-21(36-16(5)30)27(19,11-34-15(4)29)28(23)12-35-28/h13-14,17-23,25,31-32H,7-12H2,1-6H3/t14-,17+,18-,19-,20+,21+,22-,23+,25-,26+,27+,28-/m1/s1. The number of aliphatic hydroxyl groups is 2. The molecule has 3 saturated heterocycles. The third kappa shape index (κ3) is 4.39. The molecule has 3 aliphatic heterocycles. The van der Waals surface area contributed by atoms with Crippen molar-refractivity contribution >= 4 is 17.9 Å². The van der Waals surface area contributed by atoms with Gasteiger partial charge >= 0.3 is 17.9 Å². The van der Waals surface area contributed by atoms with Crippen molar-refractivity contribution in [3.05, 3.63) is 0 Å². The molecule has 5 rings (SSSR count). The molecule has 5 fully saturated rings. The molecular weight excluding hydrogens is 512 g/mol. The Hall–Kier alpha value is -1.79. The van der Waals surface area contributed by atoms with Gasteiger partial charge in [0.15, 0.2) is 18.7 Å². The Kier molecular flexibility index (Phi) is 7.32. The van der Waals surface area contributed by atoms with Crippen LogP contribution in [0.15, 0.2) is 0 Å². The van der Waals surface area contributed by atoms with E-state index < -0.39 is 77.1 Å². The third-order valence-corrected chi connectivity index (χ3v) is 10.3. The normalized spacial score (nSPS) is 48.4. The lowest BCUT2D eigenvalue weighted by Gasteiger charge is -2.65. The van der Waals surface area contributed by atoms with E-state index in [0.717, 1.165) is 0 Å². The number of fused-ring (bicyclic) bond motifs is 3. The van der Waals surface area contributed by atoms with Crippen LogP contribution in [0.3, 0.4) is 0 Å². The molecule has 12 atom stereocenters. The van der Waals surface area contributed by atoms with Crippen LogP contribution in [0.5, 0.6) is 0 Å². The van der Waals surface area contributed by atoms with Crippen LogP contribution < -0.4 is 0 Å². The minimum absolute atomic E-state index is 0.0301. The lowest BCUT2D eigenvalue weighted by atomic mass is 9.41. The molecule has 0 unspecified atom stereocenters. The molecule has 2 aliphatic carbocycles. The summed E-state index contributed by atoms with van der Waals surface area (Å²) in [6.45, 7) is 10.3.